The molecule has 3 N–H and O–H groups in total. The summed E-state index contributed by atoms with van der Waals surface area (Å²) in [5.41, 5.74) is 0.198. The number of fused-ring (bicyclic) bond motifs is 1. The minimum absolute atomic E-state index is 0.0125. The van der Waals surface area contributed by atoms with Crippen molar-refractivity contribution in [2.24, 2.45) is 17.3 Å². The van der Waals surface area contributed by atoms with Crippen LogP contribution in [0.25, 0.3) is 0 Å². The highest BCUT2D eigenvalue weighted by molar-refractivity contribution is 9.09. The summed E-state index contributed by atoms with van der Waals surface area (Å²) in [6, 6.07) is 6.59. The number of benzene rings is 1. The molecule has 0 radical (unpaired) electrons. The number of likely N-dealkylation sites (tertiary alicyclic amines) is 1. The molecule has 1 aromatic carbocycles. The molecule has 1 aromatic rings. The van der Waals surface area contributed by atoms with Gasteiger partial charge in [-0.15, -0.1) is 11.8 Å². The number of hydrogen-bond acceptors (Lipinski definition) is 6. The van der Waals surface area contributed by atoms with Crippen molar-refractivity contribution in [1.29, 1.82) is 0 Å². The van der Waals surface area contributed by atoms with Gasteiger partial charge in [-0.2, -0.15) is 0 Å². The summed E-state index contributed by atoms with van der Waals surface area (Å²) in [4.78, 5) is 44.0. The molecule has 3 amide bonds. The van der Waals surface area contributed by atoms with Crippen molar-refractivity contribution in [1.82, 2.24) is 10.2 Å². The summed E-state index contributed by atoms with van der Waals surface area (Å²) in [5.74, 6) is -0.843. The average molecular weight is 653 g/mol. The standard InChI is InChI=1S/C31H46BrN3O5S/c1-7-40-20-13-11-19(12-14-20)33-26(37)22-23-28(39)35(15-9-8-10-16-36)25(31(23)17-21(32)24(22)41-31)27(38)34-30(5,6)18-29(2,3)4/h11-14,21-25,36H,7-10,15-18H2,1-6H3,(H,33,37)(H,34,38)/t21?,22-,23+,24-,25?,31?/m1/s1. The molecule has 1 spiro atoms. The normalized spacial score (nSPS) is 29.0. The van der Waals surface area contributed by atoms with Gasteiger partial charge in [-0.1, -0.05) is 36.7 Å². The molecular weight excluding hydrogens is 606 g/mol. The SMILES string of the molecule is CCOc1ccc(NC(=O)[C@H]2[C@@H]3SC4(CC3Br)C(C(=O)NC(C)(C)CC(C)(C)C)N(CCCCCO)C(=O)[C@H]24)cc1. The summed E-state index contributed by atoms with van der Waals surface area (Å²) in [6.45, 7) is 13.5. The van der Waals surface area contributed by atoms with Crippen LogP contribution < -0.4 is 15.4 Å². The highest BCUT2D eigenvalue weighted by Crippen LogP contribution is 2.67. The van der Waals surface area contributed by atoms with E-state index in [0.717, 1.165) is 18.6 Å². The zero-order valence-corrected chi connectivity index (χ0v) is 27.6. The zero-order chi connectivity index (χ0) is 30.2. The second-order valence-electron chi connectivity index (χ2n) is 13.5. The first kappa shape index (κ1) is 32.1. The number of carbonyl (C=O) groups excluding carboxylic acids is 3. The van der Waals surface area contributed by atoms with Crippen molar-refractivity contribution in [3.63, 3.8) is 0 Å². The van der Waals surface area contributed by atoms with Crippen LogP contribution >= 0.6 is 27.7 Å². The number of aliphatic hydroxyl groups excluding tert-OH is 1. The smallest absolute Gasteiger partial charge is 0.244 e. The number of rotatable bonds is 12. The molecule has 2 bridgehead atoms. The van der Waals surface area contributed by atoms with Crippen molar-refractivity contribution in [2.45, 2.75) is 100 Å². The summed E-state index contributed by atoms with van der Waals surface area (Å²) in [7, 11) is 0. The molecule has 3 aliphatic rings. The molecule has 8 nitrogen and oxygen atoms in total. The Morgan fingerprint density at radius 2 is 1.80 bits per heavy atom. The Kier molecular flexibility index (Phi) is 9.76. The molecule has 3 unspecified atom stereocenters. The first-order chi connectivity index (χ1) is 19.2. The molecule has 10 heteroatoms. The molecule has 3 saturated heterocycles. The zero-order valence-electron chi connectivity index (χ0n) is 25.2. The fourth-order valence-electron chi connectivity index (χ4n) is 7.34. The second-order valence-corrected chi connectivity index (χ2v) is 16.3. The number of carbonyl (C=O) groups is 3. The van der Waals surface area contributed by atoms with Crippen molar-refractivity contribution in [2.75, 3.05) is 25.1 Å². The van der Waals surface area contributed by atoms with Crippen LogP contribution in [0.2, 0.25) is 0 Å². The Balaban J connectivity index is 1.63. The molecule has 41 heavy (non-hydrogen) atoms. The van der Waals surface area contributed by atoms with Crippen LogP contribution in [0, 0.1) is 17.3 Å². The molecule has 228 valence electrons. The summed E-state index contributed by atoms with van der Waals surface area (Å²) >= 11 is 5.48. The van der Waals surface area contributed by atoms with E-state index in [9.17, 15) is 19.5 Å². The number of nitrogens with zero attached hydrogens (tertiary/aromatic N) is 1. The topological polar surface area (TPSA) is 108 Å². The minimum Gasteiger partial charge on any atom is -0.494 e. The molecule has 0 saturated carbocycles. The molecular formula is C31H46BrN3O5S. The van der Waals surface area contributed by atoms with Gasteiger partial charge in [0.15, 0.2) is 0 Å². The maximum Gasteiger partial charge on any atom is 0.244 e. The molecule has 6 atom stereocenters. The Bertz CT molecular complexity index is 1120. The van der Waals surface area contributed by atoms with E-state index in [0.29, 0.717) is 38.1 Å². The summed E-state index contributed by atoms with van der Waals surface area (Å²) in [5, 5.41) is 15.5. The predicted molar refractivity (Wildman–Crippen MR) is 167 cm³/mol. The maximum atomic E-state index is 14.2. The lowest BCUT2D eigenvalue weighted by atomic mass is 9.70. The average Bonchev–Trinajstić information content (AvgIpc) is 3.44. The number of ether oxygens (including phenoxy) is 1. The van der Waals surface area contributed by atoms with Crippen LogP contribution in [-0.4, -0.2) is 73.9 Å². The Morgan fingerprint density at radius 3 is 2.41 bits per heavy atom. The van der Waals surface area contributed by atoms with Crippen molar-refractivity contribution >= 4 is 51.1 Å². The van der Waals surface area contributed by atoms with Crippen LogP contribution in [-0.2, 0) is 14.4 Å². The van der Waals surface area contributed by atoms with Gasteiger partial charge in [0.2, 0.25) is 17.7 Å². The van der Waals surface area contributed by atoms with E-state index < -0.39 is 28.2 Å². The number of alkyl halides is 1. The maximum absolute atomic E-state index is 14.2. The number of halogens is 1. The van der Waals surface area contributed by atoms with Crippen LogP contribution in [0.1, 0.15) is 73.6 Å². The summed E-state index contributed by atoms with van der Waals surface area (Å²) in [6.07, 6.45) is 3.54. The Hall–Kier alpha value is -1.78. The van der Waals surface area contributed by atoms with Crippen LogP contribution in [0.5, 0.6) is 5.75 Å². The fraction of sp³-hybridized carbons (Fsp3) is 0.710. The van der Waals surface area contributed by atoms with Gasteiger partial charge >= 0.3 is 0 Å². The third kappa shape index (κ3) is 6.74. The van der Waals surface area contributed by atoms with E-state index in [1.807, 2.05) is 45.0 Å². The number of unbranched alkanes of at least 4 members (excludes halogenated alkanes) is 2. The molecule has 3 heterocycles. The first-order valence-electron chi connectivity index (χ1n) is 14.8. The van der Waals surface area contributed by atoms with Crippen LogP contribution in [0.4, 0.5) is 5.69 Å². The number of amides is 3. The fourth-order valence-corrected chi connectivity index (χ4v) is 11.0. The third-order valence-corrected chi connectivity index (χ3v) is 11.5. The highest BCUT2D eigenvalue weighted by Gasteiger charge is 2.75. The third-order valence-electron chi connectivity index (χ3n) is 8.26. The van der Waals surface area contributed by atoms with Crippen molar-refractivity contribution in [3.8, 4) is 5.75 Å². The monoisotopic (exact) mass is 651 g/mol. The van der Waals surface area contributed by atoms with E-state index >= 15 is 0 Å². The van der Waals surface area contributed by atoms with Gasteiger partial charge in [0.1, 0.15) is 11.8 Å². The van der Waals surface area contributed by atoms with Gasteiger partial charge in [-0.3, -0.25) is 14.4 Å². The van der Waals surface area contributed by atoms with E-state index in [1.165, 1.54) is 0 Å². The van der Waals surface area contributed by atoms with Crippen LogP contribution in [0.3, 0.4) is 0 Å². The van der Waals surface area contributed by atoms with Crippen molar-refractivity contribution in [3.05, 3.63) is 24.3 Å². The van der Waals surface area contributed by atoms with Gasteiger partial charge < -0.3 is 25.4 Å². The quantitative estimate of drug-likeness (QED) is 0.217. The highest BCUT2D eigenvalue weighted by atomic mass is 79.9. The predicted octanol–water partition coefficient (Wildman–Crippen LogP) is 4.98. The number of aliphatic hydroxyl groups is 1. The van der Waals surface area contributed by atoms with Gasteiger partial charge in [-0.25, -0.2) is 0 Å². The summed E-state index contributed by atoms with van der Waals surface area (Å²) < 4.78 is 4.84. The molecule has 0 aromatic heterocycles. The molecule has 3 aliphatic heterocycles. The largest absolute Gasteiger partial charge is 0.494 e. The first-order valence-corrected chi connectivity index (χ1v) is 16.6. The minimum atomic E-state index is -0.685. The number of anilines is 1. The van der Waals surface area contributed by atoms with Gasteiger partial charge in [0.05, 0.1) is 23.2 Å². The van der Waals surface area contributed by atoms with Crippen LogP contribution in [0.15, 0.2) is 24.3 Å². The number of thioether (sulfide) groups is 1. The van der Waals surface area contributed by atoms with Gasteiger partial charge in [-0.05, 0) is 82.6 Å². The lowest BCUT2D eigenvalue weighted by molar-refractivity contribution is -0.139. The van der Waals surface area contributed by atoms with E-state index in [-0.39, 0.29) is 39.8 Å². The number of hydrogen-bond donors (Lipinski definition) is 3. The lowest BCUT2D eigenvalue weighted by Gasteiger charge is -2.39. The molecule has 4 rings (SSSR count). The number of nitrogens with one attached hydrogen (secondary N) is 2. The Morgan fingerprint density at radius 1 is 1.12 bits per heavy atom. The van der Waals surface area contributed by atoms with E-state index in [4.69, 9.17) is 4.74 Å². The molecule has 0 aliphatic carbocycles. The van der Waals surface area contributed by atoms with E-state index in [1.54, 1.807) is 16.7 Å². The molecule has 3 fully saturated rings. The van der Waals surface area contributed by atoms with E-state index in [2.05, 4.69) is 47.3 Å². The van der Waals surface area contributed by atoms with Gasteiger partial charge in [0, 0.05) is 34.5 Å². The van der Waals surface area contributed by atoms with Crippen molar-refractivity contribution < 1.29 is 24.2 Å². The second kappa shape index (κ2) is 12.4. The van der Waals surface area contributed by atoms with Gasteiger partial charge in [0.25, 0.3) is 0 Å². The lowest BCUT2D eigenvalue weighted by Crippen LogP contribution is -2.58. The Labute approximate surface area is 257 Å².